The number of allylic oxidation sites excluding steroid dienone is 1. The van der Waals surface area contributed by atoms with Gasteiger partial charge in [-0.25, -0.2) is 13.6 Å². The summed E-state index contributed by atoms with van der Waals surface area (Å²) in [6.45, 7) is 0.571. The number of hydrogen-bond acceptors (Lipinski definition) is 5. The highest BCUT2D eigenvalue weighted by atomic mass is 32.2. The zero-order chi connectivity index (χ0) is 16.9. The Kier molecular flexibility index (Phi) is 5.73. The fraction of sp³-hybridized carbons (Fsp3) is 0.467. The number of nitrogens with one attached hydrogen (secondary N) is 1. The first-order valence-electron chi connectivity index (χ1n) is 7.61. The predicted molar refractivity (Wildman–Crippen MR) is 88.7 cm³/mol. The van der Waals surface area contributed by atoms with Crippen LogP contribution in [0.15, 0.2) is 34.7 Å². The van der Waals surface area contributed by atoms with Gasteiger partial charge in [0.05, 0.1) is 9.82 Å². The van der Waals surface area contributed by atoms with Crippen LogP contribution >= 0.6 is 0 Å². The first kappa shape index (κ1) is 17.4. The van der Waals surface area contributed by atoms with Crippen LogP contribution in [-0.2, 0) is 10.0 Å². The lowest BCUT2D eigenvalue weighted by Gasteiger charge is -2.10. The molecule has 2 rings (SSSR count). The van der Waals surface area contributed by atoms with Crippen molar-refractivity contribution in [1.29, 1.82) is 0 Å². The third kappa shape index (κ3) is 5.04. The molecule has 0 heterocycles. The molecule has 0 radical (unpaired) electrons. The molecule has 0 bridgehead atoms. The van der Waals surface area contributed by atoms with Crippen molar-refractivity contribution in [3.05, 3.63) is 40.0 Å². The van der Waals surface area contributed by atoms with E-state index < -0.39 is 14.9 Å². The summed E-state index contributed by atoms with van der Waals surface area (Å²) in [7, 11) is -3.96. The summed E-state index contributed by atoms with van der Waals surface area (Å²) >= 11 is 0. The molecule has 23 heavy (non-hydrogen) atoms. The van der Waals surface area contributed by atoms with E-state index >= 15 is 0 Å². The van der Waals surface area contributed by atoms with E-state index in [0.29, 0.717) is 12.2 Å². The van der Waals surface area contributed by atoms with Crippen molar-refractivity contribution in [2.24, 2.45) is 5.14 Å². The Morgan fingerprint density at radius 1 is 1.26 bits per heavy atom. The van der Waals surface area contributed by atoms with Gasteiger partial charge < -0.3 is 5.32 Å². The van der Waals surface area contributed by atoms with Crippen molar-refractivity contribution < 1.29 is 13.3 Å². The van der Waals surface area contributed by atoms with Crippen molar-refractivity contribution in [3.63, 3.8) is 0 Å². The van der Waals surface area contributed by atoms with Crippen LogP contribution in [0, 0.1) is 10.1 Å². The quantitative estimate of drug-likeness (QED) is 0.469. The highest BCUT2D eigenvalue weighted by Crippen LogP contribution is 2.27. The Labute approximate surface area is 135 Å². The first-order valence-corrected chi connectivity index (χ1v) is 9.15. The number of nitrogens with zero attached hydrogens (tertiary/aromatic N) is 1. The molecule has 7 nitrogen and oxygen atoms in total. The summed E-state index contributed by atoms with van der Waals surface area (Å²) in [5, 5.41) is 19.2. The third-order valence-corrected chi connectivity index (χ3v) is 4.80. The zero-order valence-corrected chi connectivity index (χ0v) is 13.6. The van der Waals surface area contributed by atoms with Gasteiger partial charge in [-0.3, -0.25) is 10.1 Å². The number of nitro groups is 1. The minimum absolute atomic E-state index is 0.263. The van der Waals surface area contributed by atoms with Gasteiger partial charge in [0.25, 0.3) is 5.69 Å². The summed E-state index contributed by atoms with van der Waals surface area (Å²) < 4.78 is 22.6. The minimum Gasteiger partial charge on any atom is -0.379 e. The second-order valence-corrected chi connectivity index (χ2v) is 7.18. The van der Waals surface area contributed by atoms with Gasteiger partial charge in [-0.15, -0.1) is 0 Å². The standard InChI is InChI=1S/C15H21N3O4S/c16-23(21,22)13-7-8-14(15(11-13)18(19)20)17-10-9-12-5-3-1-2-4-6-12/h5,7-8,11,17H,1-4,6,9-10H2,(H2,16,21,22). The molecule has 0 unspecified atom stereocenters. The lowest BCUT2D eigenvalue weighted by atomic mass is 10.1. The summed E-state index contributed by atoms with van der Waals surface area (Å²) in [6, 6.07) is 3.65. The second kappa shape index (κ2) is 7.56. The van der Waals surface area contributed by atoms with Crippen LogP contribution in [0.25, 0.3) is 0 Å². The second-order valence-electron chi connectivity index (χ2n) is 5.62. The molecular weight excluding hydrogens is 318 g/mol. The number of primary sulfonamides is 1. The van der Waals surface area contributed by atoms with Crippen molar-refractivity contribution in [1.82, 2.24) is 0 Å². The Balaban J connectivity index is 2.07. The molecule has 0 amide bonds. The molecule has 0 aliphatic heterocycles. The van der Waals surface area contributed by atoms with Gasteiger partial charge in [0, 0.05) is 12.6 Å². The third-order valence-electron chi connectivity index (χ3n) is 3.89. The maximum atomic E-state index is 11.3. The summed E-state index contributed by atoms with van der Waals surface area (Å²) in [6.07, 6.45) is 8.91. The van der Waals surface area contributed by atoms with Crippen LogP contribution < -0.4 is 10.5 Å². The normalized spacial score (nSPS) is 15.6. The van der Waals surface area contributed by atoms with E-state index in [1.165, 1.54) is 37.0 Å². The number of nitrogens with two attached hydrogens (primary N) is 1. The summed E-state index contributed by atoms with van der Waals surface area (Å²) in [4.78, 5) is 10.3. The topological polar surface area (TPSA) is 115 Å². The van der Waals surface area contributed by atoms with Crippen LogP contribution in [-0.4, -0.2) is 19.9 Å². The molecule has 1 aliphatic carbocycles. The Bertz CT molecular complexity index is 713. The Hall–Kier alpha value is -1.93. The molecule has 0 aromatic heterocycles. The van der Waals surface area contributed by atoms with Gasteiger partial charge in [-0.2, -0.15) is 0 Å². The van der Waals surface area contributed by atoms with Crippen molar-refractivity contribution >= 4 is 21.4 Å². The Morgan fingerprint density at radius 2 is 2.04 bits per heavy atom. The van der Waals surface area contributed by atoms with E-state index in [0.717, 1.165) is 25.3 Å². The van der Waals surface area contributed by atoms with E-state index in [1.54, 1.807) is 0 Å². The largest absolute Gasteiger partial charge is 0.379 e. The fourth-order valence-corrected chi connectivity index (χ4v) is 3.19. The van der Waals surface area contributed by atoms with Gasteiger partial charge >= 0.3 is 0 Å². The van der Waals surface area contributed by atoms with Gasteiger partial charge in [0.15, 0.2) is 0 Å². The number of rotatable bonds is 6. The molecule has 1 aromatic carbocycles. The van der Waals surface area contributed by atoms with Crippen molar-refractivity contribution in [3.8, 4) is 0 Å². The molecule has 3 N–H and O–H groups in total. The van der Waals surface area contributed by atoms with Gasteiger partial charge in [0.1, 0.15) is 5.69 Å². The van der Waals surface area contributed by atoms with Crippen LogP contribution in [0.2, 0.25) is 0 Å². The number of benzene rings is 1. The minimum atomic E-state index is -3.96. The zero-order valence-electron chi connectivity index (χ0n) is 12.8. The molecule has 8 heteroatoms. The average Bonchev–Trinajstić information content (AvgIpc) is 2.75. The van der Waals surface area contributed by atoms with Crippen LogP contribution in [0.4, 0.5) is 11.4 Å². The number of sulfonamides is 1. The monoisotopic (exact) mass is 339 g/mol. The molecule has 0 fully saturated rings. The molecule has 126 valence electrons. The average molecular weight is 339 g/mol. The van der Waals surface area contributed by atoms with Gasteiger partial charge in [0.2, 0.25) is 10.0 Å². The maximum Gasteiger partial charge on any atom is 0.293 e. The molecule has 0 saturated carbocycles. The molecule has 0 spiro atoms. The number of nitro benzene ring substituents is 1. The summed E-state index contributed by atoms with van der Waals surface area (Å²) in [5.74, 6) is 0. The van der Waals surface area contributed by atoms with E-state index in [9.17, 15) is 18.5 Å². The molecular formula is C15H21N3O4S. The van der Waals surface area contributed by atoms with Gasteiger partial charge in [-0.05, 0) is 44.2 Å². The van der Waals surface area contributed by atoms with Crippen molar-refractivity contribution in [2.75, 3.05) is 11.9 Å². The van der Waals surface area contributed by atoms with E-state index in [1.807, 2.05) is 0 Å². The van der Waals surface area contributed by atoms with Crippen LogP contribution in [0.5, 0.6) is 0 Å². The van der Waals surface area contributed by atoms with E-state index in [4.69, 9.17) is 5.14 Å². The first-order chi connectivity index (χ1) is 10.9. The van der Waals surface area contributed by atoms with E-state index in [2.05, 4.69) is 11.4 Å². The fourth-order valence-electron chi connectivity index (χ4n) is 2.66. The van der Waals surface area contributed by atoms with Crippen molar-refractivity contribution in [2.45, 2.75) is 43.4 Å². The lowest BCUT2D eigenvalue weighted by molar-refractivity contribution is -0.384. The lowest BCUT2D eigenvalue weighted by Crippen LogP contribution is -2.13. The Morgan fingerprint density at radius 3 is 2.74 bits per heavy atom. The number of hydrogen-bond donors (Lipinski definition) is 2. The van der Waals surface area contributed by atoms with Crippen LogP contribution in [0.3, 0.4) is 0 Å². The predicted octanol–water partition coefficient (Wildman–Crippen LogP) is 2.93. The molecule has 0 atom stereocenters. The molecule has 1 aliphatic rings. The molecule has 0 saturated heterocycles. The van der Waals surface area contributed by atoms with E-state index in [-0.39, 0.29) is 10.6 Å². The van der Waals surface area contributed by atoms with Gasteiger partial charge in [-0.1, -0.05) is 18.1 Å². The smallest absolute Gasteiger partial charge is 0.293 e. The SMILES string of the molecule is NS(=O)(=O)c1ccc(NCCC2=CCCCCC2)c([N+](=O)[O-])c1. The van der Waals surface area contributed by atoms with Crippen LogP contribution in [0.1, 0.15) is 38.5 Å². The summed E-state index contributed by atoms with van der Waals surface area (Å²) in [5.41, 5.74) is 1.39. The highest BCUT2D eigenvalue weighted by molar-refractivity contribution is 7.89. The molecule has 1 aromatic rings. The highest BCUT2D eigenvalue weighted by Gasteiger charge is 2.18. The number of anilines is 1. The maximum absolute atomic E-state index is 11.3.